The van der Waals surface area contributed by atoms with Crippen LogP contribution in [0.3, 0.4) is 0 Å². The molecule has 0 atom stereocenters. The van der Waals surface area contributed by atoms with Crippen molar-refractivity contribution in [1.29, 1.82) is 0 Å². The van der Waals surface area contributed by atoms with Crippen molar-refractivity contribution in [3.05, 3.63) is 76.7 Å². The molecule has 1 aromatic heterocycles. The predicted octanol–water partition coefficient (Wildman–Crippen LogP) is 5.49. The van der Waals surface area contributed by atoms with E-state index in [0.29, 0.717) is 11.4 Å². The van der Waals surface area contributed by atoms with Crippen molar-refractivity contribution in [3.8, 4) is 10.6 Å². The van der Waals surface area contributed by atoms with Gasteiger partial charge in [0.1, 0.15) is 5.01 Å². The third-order valence-electron chi connectivity index (χ3n) is 5.32. The molecule has 0 saturated carbocycles. The molecule has 0 saturated heterocycles. The number of carboxylic acid groups (broad SMARTS) is 1. The Balaban J connectivity index is 1.77. The average Bonchev–Trinajstić information content (AvgIpc) is 3.15. The Kier molecular flexibility index (Phi) is 5.75. The van der Waals surface area contributed by atoms with Crippen molar-refractivity contribution in [2.75, 3.05) is 10.8 Å². The maximum absolute atomic E-state index is 13.4. The molecule has 1 heterocycles. The summed E-state index contributed by atoms with van der Waals surface area (Å²) in [7, 11) is -3.99. The van der Waals surface area contributed by atoms with E-state index in [9.17, 15) is 18.3 Å². The lowest BCUT2D eigenvalue weighted by atomic mass is 10.1. The van der Waals surface area contributed by atoms with E-state index in [0.717, 1.165) is 26.2 Å². The second-order valence-corrected chi connectivity index (χ2v) is 10.5. The Bertz CT molecular complexity index is 1440. The van der Waals surface area contributed by atoms with Gasteiger partial charge in [0.2, 0.25) is 0 Å². The van der Waals surface area contributed by atoms with Crippen LogP contribution in [0.4, 0.5) is 5.82 Å². The highest BCUT2D eigenvalue weighted by Gasteiger charge is 2.28. The summed E-state index contributed by atoms with van der Waals surface area (Å²) >= 11 is 1.43. The highest BCUT2D eigenvalue weighted by Crippen LogP contribution is 2.36. The van der Waals surface area contributed by atoms with Gasteiger partial charge >= 0.3 is 5.97 Å². The molecule has 0 bridgehead atoms. The van der Waals surface area contributed by atoms with Gasteiger partial charge in [0.25, 0.3) is 10.0 Å². The zero-order chi connectivity index (χ0) is 23.0. The number of hydrogen-bond acceptors (Lipinski definition) is 5. The van der Waals surface area contributed by atoms with Crippen LogP contribution in [0.15, 0.2) is 65.6 Å². The highest BCUT2D eigenvalue weighted by atomic mass is 32.2. The fourth-order valence-electron chi connectivity index (χ4n) is 3.62. The molecule has 0 unspecified atom stereocenters. The van der Waals surface area contributed by atoms with E-state index < -0.39 is 16.0 Å². The van der Waals surface area contributed by atoms with Crippen LogP contribution in [-0.4, -0.2) is 31.0 Å². The minimum Gasteiger partial charge on any atom is -0.478 e. The predicted molar refractivity (Wildman–Crippen MR) is 128 cm³/mol. The lowest BCUT2D eigenvalue weighted by Crippen LogP contribution is -2.31. The van der Waals surface area contributed by atoms with Crippen LogP contribution in [0.1, 0.15) is 27.7 Å². The van der Waals surface area contributed by atoms with Gasteiger partial charge < -0.3 is 5.11 Å². The molecular weight excluding hydrogens is 444 g/mol. The maximum atomic E-state index is 13.4. The van der Waals surface area contributed by atoms with Crippen molar-refractivity contribution in [2.45, 2.75) is 25.7 Å². The second-order valence-electron chi connectivity index (χ2n) is 7.41. The number of hydrogen-bond donors (Lipinski definition) is 1. The number of nitrogens with zero attached hydrogens (tertiary/aromatic N) is 2. The van der Waals surface area contributed by atoms with E-state index in [2.05, 4.69) is 4.98 Å². The Morgan fingerprint density at radius 1 is 1.03 bits per heavy atom. The summed E-state index contributed by atoms with van der Waals surface area (Å²) in [6.07, 6.45) is 0. The van der Waals surface area contributed by atoms with Gasteiger partial charge in [-0.25, -0.2) is 22.5 Å². The largest absolute Gasteiger partial charge is 0.478 e. The van der Waals surface area contributed by atoms with E-state index in [4.69, 9.17) is 0 Å². The van der Waals surface area contributed by atoms with Gasteiger partial charge in [-0.2, -0.15) is 0 Å². The zero-order valence-electron chi connectivity index (χ0n) is 17.9. The van der Waals surface area contributed by atoms with Gasteiger partial charge in [0, 0.05) is 17.0 Å². The molecule has 8 heteroatoms. The molecule has 0 amide bonds. The number of sulfonamides is 1. The van der Waals surface area contributed by atoms with Crippen LogP contribution in [0.25, 0.3) is 21.3 Å². The Morgan fingerprint density at radius 2 is 1.75 bits per heavy atom. The highest BCUT2D eigenvalue weighted by molar-refractivity contribution is 7.92. The molecule has 0 spiro atoms. The first-order valence-electron chi connectivity index (χ1n) is 10.1. The topological polar surface area (TPSA) is 87.6 Å². The molecule has 0 aliphatic carbocycles. The summed E-state index contributed by atoms with van der Waals surface area (Å²) in [4.78, 5) is 16.9. The first-order chi connectivity index (χ1) is 15.2. The monoisotopic (exact) mass is 466 g/mol. The second kappa shape index (κ2) is 8.37. The van der Waals surface area contributed by atoms with Crippen molar-refractivity contribution in [1.82, 2.24) is 4.98 Å². The van der Waals surface area contributed by atoms with Crippen LogP contribution in [0.2, 0.25) is 0 Å². The zero-order valence-corrected chi connectivity index (χ0v) is 19.5. The molecule has 4 aromatic rings. The summed E-state index contributed by atoms with van der Waals surface area (Å²) in [6, 6.07) is 18.2. The standard InChI is InChI=1S/C24H22N2O4S2/c1-4-26(32(29,30)20-12-9-15(2)21(14-20)24(27)28)22-16(3)31-23(25-22)19-11-10-17-7-5-6-8-18(17)13-19/h5-14H,4H2,1-3H3,(H,27,28). The number of carboxylic acids is 1. The molecule has 3 aromatic carbocycles. The van der Waals surface area contributed by atoms with Gasteiger partial charge in [-0.1, -0.05) is 42.5 Å². The number of aryl methyl sites for hydroxylation is 2. The molecule has 32 heavy (non-hydrogen) atoms. The summed E-state index contributed by atoms with van der Waals surface area (Å²) in [5.74, 6) is -0.802. The average molecular weight is 467 g/mol. The molecule has 0 radical (unpaired) electrons. The van der Waals surface area contributed by atoms with Crippen molar-refractivity contribution in [3.63, 3.8) is 0 Å². The summed E-state index contributed by atoms with van der Waals surface area (Å²) < 4.78 is 28.1. The minimum absolute atomic E-state index is 0.0334. The van der Waals surface area contributed by atoms with E-state index in [1.165, 1.54) is 33.8 Å². The van der Waals surface area contributed by atoms with E-state index in [1.807, 2.05) is 49.4 Å². The van der Waals surface area contributed by atoms with E-state index in [-0.39, 0.29) is 17.0 Å². The van der Waals surface area contributed by atoms with Crippen LogP contribution in [0.5, 0.6) is 0 Å². The Hall–Kier alpha value is -3.23. The lowest BCUT2D eigenvalue weighted by molar-refractivity contribution is 0.0696. The van der Waals surface area contributed by atoms with Gasteiger partial charge in [0.05, 0.1) is 10.5 Å². The van der Waals surface area contributed by atoms with Crippen LogP contribution in [0, 0.1) is 13.8 Å². The van der Waals surface area contributed by atoms with Gasteiger partial charge in [-0.15, -0.1) is 11.3 Å². The van der Waals surface area contributed by atoms with E-state index >= 15 is 0 Å². The molecular formula is C24H22N2O4S2. The number of anilines is 1. The molecule has 0 fully saturated rings. The molecule has 1 N–H and O–H groups in total. The smallest absolute Gasteiger partial charge is 0.335 e. The fraction of sp³-hybridized carbons (Fsp3) is 0.167. The number of thiazole rings is 1. The number of aromatic carboxylic acids is 1. The van der Waals surface area contributed by atoms with Crippen molar-refractivity contribution >= 4 is 43.9 Å². The Labute approximate surface area is 190 Å². The molecule has 6 nitrogen and oxygen atoms in total. The molecule has 0 aliphatic heterocycles. The van der Waals surface area contributed by atoms with E-state index in [1.54, 1.807) is 13.8 Å². The third kappa shape index (κ3) is 3.87. The van der Waals surface area contributed by atoms with Crippen molar-refractivity contribution < 1.29 is 18.3 Å². The van der Waals surface area contributed by atoms with Gasteiger partial charge in [0.15, 0.2) is 5.82 Å². The van der Waals surface area contributed by atoms with Crippen LogP contribution < -0.4 is 4.31 Å². The van der Waals surface area contributed by atoms with Crippen LogP contribution in [-0.2, 0) is 10.0 Å². The summed E-state index contributed by atoms with van der Waals surface area (Å²) in [5.41, 5.74) is 1.39. The summed E-state index contributed by atoms with van der Waals surface area (Å²) in [6.45, 7) is 5.38. The van der Waals surface area contributed by atoms with Gasteiger partial charge in [-0.05, 0) is 55.3 Å². The number of fused-ring (bicyclic) bond motifs is 1. The van der Waals surface area contributed by atoms with Crippen LogP contribution >= 0.6 is 11.3 Å². The first-order valence-corrected chi connectivity index (χ1v) is 12.3. The molecule has 164 valence electrons. The number of aromatic nitrogens is 1. The Morgan fingerprint density at radius 3 is 2.44 bits per heavy atom. The van der Waals surface area contributed by atoms with Crippen molar-refractivity contribution in [2.24, 2.45) is 0 Å². The lowest BCUT2D eigenvalue weighted by Gasteiger charge is -2.21. The number of rotatable bonds is 6. The SMILES string of the molecule is CCN(c1nc(-c2ccc3ccccc3c2)sc1C)S(=O)(=O)c1ccc(C)c(C(=O)O)c1. The molecule has 0 aliphatic rings. The fourth-order valence-corrected chi connectivity index (χ4v) is 6.10. The molecule has 4 rings (SSSR count). The quantitative estimate of drug-likeness (QED) is 0.406. The minimum atomic E-state index is -3.99. The van der Waals surface area contributed by atoms with Gasteiger partial charge in [-0.3, -0.25) is 0 Å². The maximum Gasteiger partial charge on any atom is 0.335 e. The normalized spacial score (nSPS) is 11.6. The third-order valence-corrected chi connectivity index (χ3v) is 8.19. The summed E-state index contributed by atoms with van der Waals surface area (Å²) in [5, 5.41) is 12.3. The number of benzene rings is 3. The first kappa shape index (κ1) is 22.0. The number of carbonyl (C=O) groups is 1.